The van der Waals surface area contributed by atoms with E-state index in [0.717, 1.165) is 35.2 Å². The van der Waals surface area contributed by atoms with Gasteiger partial charge in [0.1, 0.15) is 5.58 Å². The van der Waals surface area contributed by atoms with Crippen molar-refractivity contribution in [2.75, 3.05) is 0 Å². The Morgan fingerprint density at radius 3 is 1.93 bits per heavy atom. The SMILES string of the molecule is Cc1cc(C)c2c(CN(Cc3ccccc3)Cc3ccccc3)cc(=O)oc2c1. The summed E-state index contributed by atoms with van der Waals surface area (Å²) in [6, 6.07) is 26.6. The second-order valence-electron chi connectivity index (χ2n) is 7.66. The molecule has 0 amide bonds. The summed E-state index contributed by atoms with van der Waals surface area (Å²) in [4.78, 5) is 14.6. The van der Waals surface area contributed by atoms with Gasteiger partial charge in [0.25, 0.3) is 0 Å². The first-order valence-corrected chi connectivity index (χ1v) is 9.93. The van der Waals surface area contributed by atoms with Crippen LogP contribution < -0.4 is 5.63 Å². The Kier molecular flexibility index (Phi) is 5.59. The van der Waals surface area contributed by atoms with Crippen molar-refractivity contribution in [3.63, 3.8) is 0 Å². The van der Waals surface area contributed by atoms with E-state index in [-0.39, 0.29) is 5.63 Å². The van der Waals surface area contributed by atoms with Crippen LogP contribution in [0.25, 0.3) is 11.0 Å². The lowest BCUT2D eigenvalue weighted by Crippen LogP contribution is -2.23. The fraction of sp³-hybridized carbons (Fsp3) is 0.192. The molecule has 0 saturated carbocycles. The topological polar surface area (TPSA) is 33.5 Å². The number of aryl methyl sites for hydroxylation is 2. The van der Waals surface area contributed by atoms with E-state index in [9.17, 15) is 4.79 Å². The lowest BCUT2D eigenvalue weighted by molar-refractivity contribution is 0.248. The number of benzene rings is 3. The number of hydrogen-bond acceptors (Lipinski definition) is 3. The Labute approximate surface area is 171 Å². The molecule has 3 aromatic carbocycles. The molecule has 29 heavy (non-hydrogen) atoms. The summed E-state index contributed by atoms with van der Waals surface area (Å²) < 4.78 is 5.51. The quantitative estimate of drug-likeness (QED) is 0.406. The molecule has 1 aromatic heterocycles. The van der Waals surface area contributed by atoms with Gasteiger partial charge in [-0.2, -0.15) is 0 Å². The highest BCUT2D eigenvalue weighted by Crippen LogP contribution is 2.25. The maximum absolute atomic E-state index is 12.2. The molecule has 0 spiro atoms. The van der Waals surface area contributed by atoms with Crippen LogP contribution in [0.4, 0.5) is 0 Å². The molecule has 0 fully saturated rings. The molecule has 0 saturated heterocycles. The van der Waals surface area contributed by atoms with Gasteiger partial charge in [-0.05, 0) is 47.7 Å². The Morgan fingerprint density at radius 2 is 1.34 bits per heavy atom. The Balaban J connectivity index is 1.73. The molecule has 4 rings (SSSR count). The fourth-order valence-electron chi connectivity index (χ4n) is 3.99. The van der Waals surface area contributed by atoms with E-state index in [1.807, 2.05) is 25.1 Å². The van der Waals surface area contributed by atoms with Crippen LogP contribution in [0.15, 0.2) is 88.1 Å². The van der Waals surface area contributed by atoms with Gasteiger partial charge in [0.05, 0.1) is 0 Å². The maximum Gasteiger partial charge on any atom is 0.336 e. The second-order valence-corrected chi connectivity index (χ2v) is 7.66. The Morgan fingerprint density at radius 1 is 0.759 bits per heavy atom. The zero-order chi connectivity index (χ0) is 20.2. The molecule has 0 aliphatic rings. The highest BCUT2D eigenvalue weighted by molar-refractivity contribution is 5.84. The summed E-state index contributed by atoms with van der Waals surface area (Å²) in [7, 11) is 0. The molecule has 0 atom stereocenters. The molecule has 0 aliphatic carbocycles. The summed E-state index contributed by atoms with van der Waals surface area (Å²) in [5.74, 6) is 0. The van der Waals surface area contributed by atoms with E-state index >= 15 is 0 Å². The number of fused-ring (bicyclic) bond motifs is 1. The van der Waals surface area contributed by atoms with E-state index < -0.39 is 0 Å². The number of hydrogen-bond donors (Lipinski definition) is 0. The van der Waals surface area contributed by atoms with Crippen LogP contribution in [-0.2, 0) is 19.6 Å². The largest absolute Gasteiger partial charge is 0.423 e. The first-order chi connectivity index (χ1) is 14.1. The molecule has 146 valence electrons. The Bertz CT molecular complexity index is 1120. The lowest BCUT2D eigenvalue weighted by atomic mass is 10.0. The van der Waals surface area contributed by atoms with Gasteiger partial charge in [0, 0.05) is 31.1 Å². The summed E-state index contributed by atoms with van der Waals surface area (Å²) in [6.45, 7) is 6.40. The van der Waals surface area contributed by atoms with E-state index in [2.05, 4.69) is 66.4 Å². The van der Waals surface area contributed by atoms with Crippen LogP contribution in [0.2, 0.25) is 0 Å². The van der Waals surface area contributed by atoms with Crippen LogP contribution in [0.5, 0.6) is 0 Å². The molecule has 0 aliphatic heterocycles. The molecule has 0 unspecified atom stereocenters. The van der Waals surface area contributed by atoms with Crippen molar-refractivity contribution in [3.8, 4) is 0 Å². The molecule has 0 radical (unpaired) electrons. The zero-order valence-corrected chi connectivity index (χ0v) is 16.9. The third kappa shape index (κ3) is 4.64. The molecule has 3 nitrogen and oxygen atoms in total. The van der Waals surface area contributed by atoms with Gasteiger partial charge in [-0.1, -0.05) is 66.7 Å². The molecular weight excluding hydrogens is 358 g/mol. The van der Waals surface area contributed by atoms with Crippen LogP contribution in [-0.4, -0.2) is 4.90 Å². The van der Waals surface area contributed by atoms with Gasteiger partial charge in [0.2, 0.25) is 0 Å². The monoisotopic (exact) mass is 383 g/mol. The Hall–Kier alpha value is -3.17. The van der Waals surface area contributed by atoms with Crippen molar-refractivity contribution in [3.05, 3.63) is 117 Å². The van der Waals surface area contributed by atoms with Gasteiger partial charge in [0.15, 0.2) is 0 Å². The minimum atomic E-state index is -0.295. The third-order valence-electron chi connectivity index (χ3n) is 5.16. The molecule has 1 heterocycles. The highest BCUT2D eigenvalue weighted by atomic mass is 16.4. The molecule has 3 heteroatoms. The predicted molar refractivity (Wildman–Crippen MR) is 118 cm³/mol. The van der Waals surface area contributed by atoms with Gasteiger partial charge in [-0.3, -0.25) is 4.90 Å². The van der Waals surface area contributed by atoms with Crippen LogP contribution in [0, 0.1) is 13.8 Å². The van der Waals surface area contributed by atoms with Crippen molar-refractivity contribution < 1.29 is 4.42 Å². The van der Waals surface area contributed by atoms with Gasteiger partial charge in [-0.25, -0.2) is 4.79 Å². The summed E-state index contributed by atoms with van der Waals surface area (Å²) in [5.41, 5.74) is 6.13. The van der Waals surface area contributed by atoms with Crippen LogP contribution in [0.1, 0.15) is 27.8 Å². The van der Waals surface area contributed by atoms with Gasteiger partial charge >= 0.3 is 5.63 Å². The number of rotatable bonds is 6. The standard InChI is InChI=1S/C26H25NO2/c1-19-13-20(2)26-23(15-25(28)29-24(26)14-19)18-27(16-21-9-5-3-6-10-21)17-22-11-7-4-8-12-22/h3-15H,16-18H2,1-2H3. The summed E-state index contributed by atoms with van der Waals surface area (Å²) in [5, 5.41) is 1.04. The van der Waals surface area contributed by atoms with Crippen molar-refractivity contribution in [1.82, 2.24) is 4.90 Å². The highest BCUT2D eigenvalue weighted by Gasteiger charge is 2.14. The van der Waals surface area contributed by atoms with Crippen molar-refractivity contribution in [1.29, 1.82) is 0 Å². The van der Waals surface area contributed by atoms with Crippen molar-refractivity contribution in [2.24, 2.45) is 0 Å². The first kappa shape index (κ1) is 19.2. The third-order valence-corrected chi connectivity index (χ3v) is 5.16. The van der Waals surface area contributed by atoms with Gasteiger partial charge in [-0.15, -0.1) is 0 Å². The van der Waals surface area contributed by atoms with Crippen LogP contribution in [0.3, 0.4) is 0 Å². The molecular formula is C26H25NO2. The zero-order valence-electron chi connectivity index (χ0n) is 16.9. The minimum Gasteiger partial charge on any atom is -0.423 e. The predicted octanol–water partition coefficient (Wildman–Crippen LogP) is 5.61. The summed E-state index contributed by atoms with van der Waals surface area (Å²) in [6.07, 6.45) is 0. The van der Waals surface area contributed by atoms with Crippen LogP contribution >= 0.6 is 0 Å². The molecule has 4 aromatic rings. The maximum atomic E-state index is 12.2. The average Bonchev–Trinajstić information content (AvgIpc) is 2.68. The van der Waals surface area contributed by atoms with Crippen molar-refractivity contribution >= 4 is 11.0 Å². The van der Waals surface area contributed by atoms with E-state index in [4.69, 9.17) is 4.42 Å². The minimum absolute atomic E-state index is 0.295. The summed E-state index contributed by atoms with van der Waals surface area (Å²) >= 11 is 0. The lowest BCUT2D eigenvalue weighted by Gasteiger charge is -2.23. The number of nitrogens with zero attached hydrogens (tertiary/aromatic N) is 1. The molecule has 0 N–H and O–H groups in total. The normalized spacial score (nSPS) is 11.3. The van der Waals surface area contributed by atoms with E-state index in [1.165, 1.54) is 11.1 Å². The van der Waals surface area contributed by atoms with E-state index in [1.54, 1.807) is 6.07 Å². The second kappa shape index (κ2) is 8.46. The fourth-order valence-corrected chi connectivity index (χ4v) is 3.99. The van der Waals surface area contributed by atoms with Gasteiger partial charge < -0.3 is 4.42 Å². The smallest absolute Gasteiger partial charge is 0.336 e. The van der Waals surface area contributed by atoms with E-state index in [0.29, 0.717) is 12.1 Å². The first-order valence-electron chi connectivity index (χ1n) is 9.93. The average molecular weight is 383 g/mol. The van der Waals surface area contributed by atoms with Crippen molar-refractivity contribution in [2.45, 2.75) is 33.5 Å². The molecule has 0 bridgehead atoms.